The van der Waals surface area contributed by atoms with Gasteiger partial charge in [0.25, 0.3) is 0 Å². The fourth-order valence-corrected chi connectivity index (χ4v) is 4.38. The molecule has 0 aliphatic heterocycles. The first-order valence-electron chi connectivity index (χ1n) is 10.9. The summed E-state index contributed by atoms with van der Waals surface area (Å²) in [5.41, 5.74) is 6.06. The summed E-state index contributed by atoms with van der Waals surface area (Å²) in [6.45, 7) is 9.03. The lowest BCUT2D eigenvalue weighted by Crippen LogP contribution is -1.98. The van der Waals surface area contributed by atoms with Crippen LogP contribution in [0.2, 0.25) is 0 Å². The largest absolute Gasteiger partial charge is 0.247 e. The van der Waals surface area contributed by atoms with E-state index in [2.05, 4.69) is 107 Å². The van der Waals surface area contributed by atoms with E-state index < -0.39 is 0 Å². The number of fused-ring (bicyclic) bond motifs is 4. The van der Waals surface area contributed by atoms with Crippen LogP contribution in [0.15, 0.2) is 78.9 Å². The quantitative estimate of drug-likeness (QED) is 0.282. The van der Waals surface area contributed by atoms with Crippen LogP contribution in [0.4, 0.5) is 0 Å². The molecule has 0 atom stereocenters. The van der Waals surface area contributed by atoms with Crippen LogP contribution in [-0.2, 0) is 0 Å². The van der Waals surface area contributed by atoms with Crippen LogP contribution in [0.25, 0.3) is 43.7 Å². The molecule has 0 amide bonds. The molecule has 0 saturated carbocycles. The molecule has 1 aromatic heterocycles. The van der Waals surface area contributed by atoms with E-state index >= 15 is 0 Å². The number of aromatic nitrogens is 1. The lowest BCUT2D eigenvalue weighted by atomic mass is 9.92. The molecule has 0 N–H and O–H groups in total. The smallest absolute Gasteiger partial charge is 0.0744 e. The van der Waals surface area contributed by atoms with Gasteiger partial charge in [-0.05, 0) is 62.7 Å². The molecule has 5 aromatic rings. The van der Waals surface area contributed by atoms with E-state index in [0.717, 1.165) is 11.2 Å². The minimum atomic E-state index is 0.439. The van der Waals surface area contributed by atoms with E-state index in [1.807, 2.05) is 0 Å². The molecule has 30 heavy (non-hydrogen) atoms. The highest BCUT2D eigenvalue weighted by molar-refractivity contribution is 6.08. The van der Waals surface area contributed by atoms with Crippen molar-refractivity contribution in [3.63, 3.8) is 0 Å². The Balaban J connectivity index is 1.72. The van der Waals surface area contributed by atoms with Crippen LogP contribution >= 0.6 is 0 Å². The minimum Gasteiger partial charge on any atom is -0.247 e. The van der Waals surface area contributed by atoms with Gasteiger partial charge in [-0.2, -0.15) is 0 Å². The number of hydrogen-bond donors (Lipinski definition) is 0. The first kappa shape index (κ1) is 18.8. The van der Waals surface area contributed by atoms with Crippen molar-refractivity contribution >= 4 is 32.4 Å². The molecule has 1 heterocycles. The second kappa shape index (κ2) is 7.25. The zero-order valence-corrected chi connectivity index (χ0v) is 18.1. The van der Waals surface area contributed by atoms with Crippen LogP contribution in [0, 0.1) is 0 Å². The van der Waals surface area contributed by atoms with Crippen molar-refractivity contribution in [3.05, 3.63) is 90.0 Å². The van der Waals surface area contributed by atoms with Gasteiger partial charge in [-0.25, -0.2) is 4.98 Å². The molecule has 0 radical (unpaired) electrons. The Labute approximate surface area is 178 Å². The third-order valence-electron chi connectivity index (χ3n) is 6.18. The molecule has 0 aliphatic rings. The molecule has 1 heteroatoms. The molecule has 0 aliphatic carbocycles. The van der Waals surface area contributed by atoms with Crippen molar-refractivity contribution in [1.29, 1.82) is 0 Å². The van der Waals surface area contributed by atoms with Gasteiger partial charge in [-0.15, -0.1) is 0 Å². The van der Waals surface area contributed by atoms with E-state index in [1.165, 1.54) is 43.6 Å². The summed E-state index contributed by atoms with van der Waals surface area (Å²) >= 11 is 0. The molecule has 5 rings (SSSR count). The highest BCUT2D eigenvalue weighted by atomic mass is 14.7. The molecule has 0 unspecified atom stereocenters. The van der Waals surface area contributed by atoms with Gasteiger partial charge in [0.1, 0.15) is 0 Å². The van der Waals surface area contributed by atoms with Crippen molar-refractivity contribution in [1.82, 2.24) is 4.98 Å². The molecule has 4 aromatic carbocycles. The Morgan fingerprint density at radius 2 is 1.30 bits per heavy atom. The summed E-state index contributed by atoms with van der Waals surface area (Å²) in [6, 6.07) is 28.8. The maximum Gasteiger partial charge on any atom is 0.0744 e. The second-order valence-corrected chi connectivity index (χ2v) is 8.91. The summed E-state index contributed by atoms with van der Waals surface area (Å²) in [5, 5.41) is 6.35. The first-order valence-corrected chi connectivity index (χ1v) is 10.9. The third-order valence-corrected chi connectivity index (χ3v) is 6.18. The predicted molar refractivity (Wildman–Crippen MR) is 130 cm³/mol. The maximum atomic E-state index is 5.15. The van der Waals surface area contributed by atoms with Gasteiger partial charge in [-0.1, -0.05) is 88.4 Å². The van der Waals surface area contributed by atoms with Crippen molar-refractivity contribution in [2.24, 2.45) is 0 Å². The van der Waals surface area contributed by atoms with Crippen LogP contribution in [0.3, 0.4) is 0 Å². The average Bonchev–Trinajstić information content (AvgIpc) is 2.77. The fraction of sp³-hybridized carbons (Fsp3) is 0.207. The monoisotopic (exact) mass is 389 g/mol. The lowest BCUT2D eigenvalue weighted by Gasteiger charge is -2.15. The van der Waals surface area contributed by atoms with E-state index in [0.29, 0.717) is 11.8 Å². The molecule has 1 nitrogen and oxygen atoms in total. The van der Waals surface area contributed by atoms with Gasteiger partial charge in [0.05, 0.1) is 11.2 Å². The molecular formula is C29H27N. The van der Waals surface area contributed by atoms with Crippen molar-refractivity contribution < 1.29 is 0 Å². The number of nitrogens with zero attached hydrogens (tertiary/aromatic N) is 1. The molecule has 148 valence electrons. The van der Waals surface area contributed by atoms with Crippen LogP contribution in [-0.4, -0.2) is 4.98 Å². The Hall–Kier alpha value is -3.19. The van der Waals surface area contributed by atoms with Crippen LogP contribution in [0.1, 0.15) is 50.7 Å². The number of benzene rings is 4. The molecule has 0 saturated heterocycles. The molecule has 0 bridgehead atoms. The molecular weight excluding hydrogens is 362 g/mol. The summed E-state index contributed by atoms with van der Waals surface area (Å²) < 4.78 is 0. The standard InChI is InChI=1S/C29H27N/c1-18(2)24-15-23-13-14-28(30-29(23)26(17-24)19(3)4)22-12-11-21-10-9-20-7-5-6-8-25(20)27(21)16-22/h5-19H,1-4H3. The predicted octanol–water partition coefficient (Wildman–Crippen LogP) is 8.46. The zero-order valence-electron chi connectivity index (χ0n) is 18.1. The van der Waals surface area contributed by atoms with E-state index in [9.17, 15) is 0 Å². The van der Waals surface area contributed by atoms with Gasteiger partial charge in [0.15, 0.2) is 0 Å². The number of pyridine rings is 1. The summed E-state index contributed by atoms with van der Waals surface area (Å²) in [5.74, 6) is 0.954. The Kier molecular flexibility index (Phi) is 4.55. The van der Waals surface area contributed by atoms with Gasteiger partial charge in [0.2, 0.25) is 0 Å². The minimum absolute atomic E-state index is 0.439. The number of hydrogen-bond acceptors (Lipinski definition) is 1. The topological polar surface area (TPSA) is 12.9 Å². The van der Waals surface area contributed by atoms with Gasteiger partial charge in [0, 0.05) is 10.9 Å². The Morgan fingerprint density at radius 3 is 2.07 bits per heavy atom. The Morgan fingerprint density at radius 1 is 0.600 bits per heavy atom. The summed E-state index contributed by atoms with van der Waals surface area (Å²) in [4.78, 5) is 5.15. The van der Waals surface area contributed by atoms with Crippen molar-refractivity contribution in [3.8, 4) is 11.3 Å². The molecule has 0 spiro atoms. The average molecular weight is 390 g/mol. The van der Waals surface area contributed by atoms with Crippen LogP contribution in [0.5, 0.6) is 0 Å². The van der Waals surface area contributed by atoms with Gasteiger partial charge in [-0.3, -0.25) is 0 Å². The first-order chi connectivity index (χ1) is 14.5. The van der Waals surface area contributed by atoms with Gasteiger partial charge >= 0.3 is 0 Å². The van der Waals surface area contributed by atoms with Crippen LogP contribution < -0.4 is 0 Å². The highest BCUT2D eigenvalue weighted by Crippen LogP contribution is 2.33. The van der Waals surface area contributed by atoms with E-state index in [-0.39, 0.29) is 0 Å². The summed E-state index contributed by atoms with van der Waals surface area (Å²) in [6.07, 6.45) is 0. The normalized spacial score (nSPS) is 11.9. The van der Waals surface area contributed by atoms with Gasteiger partial charge < -0.3 is 0 Å². The fourth-order valence-electron chi connectivity index (χ4n) is 4.38. The summed E-state index contributed by atoms with van der Waals surface area (Å²) in [7, 11) is 0. The molecule has 0 fully saturated rings. The number of rotatable bonds is 3. The maximum absolute atomic E-state index is 5.15. The lowest BCUT2D eigenvalue weighted by molar-refractivity contribution is 0.839. The zero-order chi connectivity index (χ0) is 20.8. The van der Waals surface area contributed by atoms with Crippen molar-refractivity contribution in [2.45, 2.75) is 39.5 Å². The van der Waals surface area contributed by atoms with E-state index in [1.54, 1.807) is 0 Å². The SMILES string of the molecule is CC(C)c1cc(C(C)C)c2nc(-c3ccc4ccc5ccccc5c4c3)ccc2c1. The van der Waals surface area contributed by atoms with E-state index in [4.69, 9.17) is 4.98 Å². The highest BCUT2D eigenvalue weighted by Gasteiger charge is 2.13. The second-order valence-electron chi connectivity index (χ2n) is 8.91. The Bertz CT molecular complexity index is 1390. The third kappa shape index (κ3) is 3.15. The van der Waals surface area contributed by atoms with Crippen molar-refractivity contribution in [2.75, 3.05) is 0 Å².